The Morgan fingerprint density at radius 2 is 1.86 bits per heavy atom. The summed E-state index contributed by atoms with van der Waals surface area (Å²) in [6, 6.07) is 13.5. The maximum Gasteiger partial charge on any atom is 0.231 e. The second-order valence-electron chi connectivity index (χ2n) is 9.44. The summed E-state index contributed by atoms with van der Waals surface area (Å²) in [6.07, 6.45) is 6.71. The monoisotopic (exact) mass is 489 g/mol. The molecule has 4 aromatic rings. The van der Waals surface area contributed by atoms with Crippen molar-refractivity contribution in [3.63, 3.8) is 0 Å². The quantitative estimate of drug-likeness (QED) is 0.343. The third-order valence-corrected chi connectivity index (χ3v) is 7.87. The van der Waals surface area contributed by atoms with Crippen LogP contribution in [0, 0.1) is 6.92 Å². The number of aromatic amines is 1. The molecule has 0 bridgehead atoms. The average Bonchev–Trinajstić information content (AvgIpc) is 3.51. The molecule has 35 heavy (non-hydrogen) atoms. The number of H-pyrrole nitrogens is 1. The Kier molecular flexibility index (Phi) is 6.37. The van der Waals surface area contributed by atoms with Gasteiger partial charge in [-0.25, -0.2) is 0 Å². The SMILES string of the molecule is Cc1cc(Nc2nc(NC3CCC(N4CCOCC4)CC3)c3c(-c4ccccc4)c[nH]c3n2)sn1. The number of ether oxygens (including phenoxy) is 1. The number of aryl methyl sites for hydroxylation is 1. The van der Waals surface area contributed by atoms with Gasteiger partial charge in [0.1, 0.15) is 16.5 Å². The van der Waals surface area contributed by atoms with Crippen LogP contribution >= 0.6 is 11.5 Å². The van der Waals surface area contributed by atoms with Crippen molar-refractivity contribution in [2.75, 3.05) is 36.9 Å². The topological polar surface area (TPSA) is 91.0 Å². The molecule has 4 heterocycles. The Hall–Kier alpha value is -3.01. The lowest BCUT2D eigenvalue weighted by molar-refractivity contribution is 0.00791. The fourth-order valence-corrected chi connectivity index (χ4v) is 5.95. The summed E-state index contributed by atoms with van der Waals surface area (Å²) in [7, 11) is 0. The molecule has 1 saturated carbocycles. The molecule has 3 N–H and O–H groups in total. The second-order valence-corrected chi connectivity index (χ2v) is 10.2. The number of hydrogen-bond acceptors (Lipinski definition) is 8. The van der Waals surface area contributed by atoms with Crippen molar-refractivity contribution in [1.29, 1.82) is 0 Å². The van der Waals surface area contributed by atoms with Crippen LogP contribution in [0.2, 0.25) is 0 Å². The van der Waals surface area contributed by atoms with E-state index in [0.29, 0.717) is 18.0 Å². The van der Waals surface area contributed by atoms with Crippen LogP contribution in [0.25, 0.3) is 22.2 Å². The van der Waals surface area contributed by atoms with Gasteiger partial charge in [0.25, 0.3) is 0 Å². The minimum atomic E-state index is 0.391. The van der Waals surface area contributed by atoms with Crippen LogP contribution in [-0.4, -0.2) is 62.6 Å². The predicted octanol–water partition coefficient (Wildman–Crippen LogP) is 5.19. The van der Waals surface area contributed by atoms with Gasteiger partial charge in [-0.15, -0.1) is 0 Å². The highest BCUT2D eigenvalue weighted by Crippen LogP contribution is 2.35. The van der Waals surface area contributed by atoms with Crippen molar-refractivity contribution in [1.82, 2.24) is 24.2 Å². The summed E-state index contributed by atoms with van der Waals surface area (Å²) < 4.78 is 9.92. The van der Waals surface area contributed by atoms with Gasteiger partial charge in [0.05, 0.1) is 24.3 Å². The maximum atomic E-state index is 5.55. The fraction of sp³-hybridized carbons (Fsp3) is 0.423. The lowest BCUT2D eigenvalue weighted by Gasteiger charge is -2.39. The van der Waals surface area contributed by atoms with Gasteiger partial charge in [-0.3, -0.25) is 4.90 Å². The molecular weight excluding hydrogens is 458 g/mol. The van der Waals surface area contributed by atoms with Crippen LogP contribution in [0.15, 0.2) is 42.6 Å². The molecule has 2 aliphatic rings. The van der Waals surface area contributed by atoms with E-state index in [1.807, 2.05) is 25.3 Å². The Balaban J connectivity index is 1.28. The van der Waals surface area contributed by atoms with E-state index in [4.69, 9.17) is 14.7 Å². The molecule has 9 heteroatoms. The summed E-state index contributed by atoms with van der Waals surface area (Å²) in [6.45, 7) is 5.84. The van der Waals surface area contributed by atoms with Gasteiger partial charge in [0, 0.05) is 36.9 Å². The van der Waals surface area contributed by atoms with E-state index in [2.05, 4.69) is 49.2 Å². The van der Waals surface area contributed by atoms with Gasteiger partial charge in [-0.1, -0.05) is 30.3 Å². The third-order valence-electron chi connectivity index (χ3n) is 7.08. The van der Waals surface area contributed by atoms with Crippen LogP contribution < -0.4 is 10.6 Å². The molecule has 2 fully saturated rings. The number of morpholine rings is 1. The zero-order valence-corrected chi connectivity index (χ0v) is 20.8. The van der Waals surface area contributed by atoms with E-state index < -0.39 is 0 Å². The standard InChI is InChI=1S/C26H31N7OS/c1-17-15-22(35-32-17)29-26-30-24-23(21(16-27-24)18-5-3-2-4-6-18)25(31-26)28-19-7-9-20(10-8-19)33-11-13-34-14-12-33/h2-6,15-16,19-20H,7-14H2,1H3,(H3,27,28,29,30,31). The number of nitrogens with zero attached hydrogens (tertiary/aromatic N) is 4. The molecule has 1 aromatic carbocycles. The van der Waals surface area contributed by atoms with Gasteiger partial charge in [-0.2, -0.15) is 14.3 Å². The number of anilines is 3. The first-order valence-corrected chi connectivity index (χ1v) is 13.2. The Bertz CT molecular complexity index is 1270. The van der Waals surface area contributed by atoms with Gasteiger partial charge in [0.2, 0.25) is 5.95 Å². The summed E-state index contributed by atoms with van der Waals surface area (Å²) in [5.74, 6) is 1.46. The van der Waals surface area contributed by atoms with E-state index >= 15 is 0 Å². The summed E-state index contributed by atoms with van der Waals surface area (Å²) >= 11 is 1.42. The van der Waals surface area contributed by atoms with Crippen LogP contribution in [0.1, 0.15) is 31.4 Å². The second kappa shape index (κ2) is 9.93. The van der Waals surface area contributed by atoms with Crippen molar-refractivity contribution in [2.24, 2.45) is 0 Å². The Morgan fingerprint density at radius 1 is 1.06 bits per heavy atom. The van der Waals surface area contributed by atoms with Crippen LogP contribution in [-0.2, 0) is 4.74 Å². The average molecular weight is 490 g/mol. The van der Waals surface area contributed by atoms with E-state index in [1.165, 1.54) is 24.4 Å². The van der Waals surface area contributed by atoms with Gasteiger partial charge in [0.15, 0.2) is 0 Å². The van der Waals surface area contributed by atoms with E-state index in [9.17, 15) is 0 Å². The largest absolute Gasteiger partial charge is 0.379 e. The number of aromatic nitrogens is 4. The Labute approximate surface area is 209 Å². The normalized spacial score (nSPS) is 21.3. The molecule has 0 atom stereocenters. The number of rotatable bonds is 6. The zero-order chi connectivity index (χ0) is 23.6. The summed E-state index contributed by atoms with van der Waals surface area (Å²) in [5.41, 5.74) is 4.08. The fourth-order valence-electron chi connectivity index (χ4n) is 5.29. The highest BCUT2D eigenvalue weighted by Gasteiger charge is 2.28. The Morgan fingerprint density at radius 3 is 2.60 bits per heavy atom. The predicted molar refractivity (Wildman–Crippen MR) is 142 cm³/mol. The third kappa shape index (κ3) is 4.89. The van der Waals surface area contributed by atoms with Crippen LogP contribution in [0.4, 0.5) is 16.8 Å². The minimum Gasteiger partial charge on any atom is -0.379 e. The van der Waals surface area contributed by atoms with Crippen molar-refractivity contribution in [2.45, 2.75) is 44.7 Å². The lowest BCUT2D eigenvalue weighted by Crippen LogP contribution is -2.46. The molecular formula is C26H31N7OS. The first-order chi connectivity index (χ1) is 17.2. The minimum absolute atomic E-state index is 0.391. The van der Waals surface area contributed by atoms with E-state index in [0.717, 1.165) is 77.8 Å². The number of fused-ring (bicyclic) bond motifs is 1. The highest BCUT2D eigenvalue weighted by atomic mass is 32.1. The number of hydrogen-bond donors (Lipinski definition) is 3. The zero-order valence-electron chi connectivity index (χ0n) is 20.0. The summed E-state index contributed by atoms with van der Waals surface area (Å²) in [4.78, 5) is 15.8. The van der Waals surface area contributed by atoms with Gasteiger partial charge < -0.3 is 20.4 Å². The maximum absolute atomic E-state index is 5.55. The van der Waals surface area contributed by atoms with E-state index in [1.54, 1.807) is 0 Å². The van der Waals surface area contributed by atoms with Crippen LogP contribution in [0.5, 0.6) is 0 Å². The summed E-state index contributed by atoms with van der Waals surface area (Å²) in [5, 5.41) is 9.14. The molecule has 1 aliphatic heterocycles. The van der Waals surface area contributed by atoms with E-state index in [-0.39, 0.29) is 0 Å². The molecule has 1 aliphatic carbocycles. The number of benzene rings is 1. The molecule has 1 saturated heterocycles. The van der Waals surface area contributed by atoms with Crippen molar-refractivity contribution in [3.8, 4) is 11.1 Å². The highest BCUT2D eigenvalue weighted by molar-refractivity contribution is 7.10. The molecule has 8 nitrogen and oxygen atoms in total. The molecule has 3 aromatic heterocycles. The molecule has 6 rings (SSSR count). The molecule has 0 unspecified atom stereocenters. The number of nitrogens with one attached hydrogen (secondary N) is 3. The van der Waals surface area contributed by atoms with Crippen molar-refractivity contribution >= 4 is 39.3 Å². The molecule has 0 spiro atoms. The molecule has 0 radical (unpaired) electrons. The first kappa shape index (κ1) is 22.5. The first-order valence-electron chi connectivity index (χ1n) is 12.5. The van der Waals surface area contributed by atoms with Crippen molar-refractivity contribution in [3.05, 3.63) is 48.3 Å². The molecule has 0 amide bonds. The molecule has 182 valence electrons. The van der Waals surface area contributed by atoms with Crippen LogP contribution in [0.3, 0.4) is 0 Å². The lowest BCUT2D eigenvalue weighted by atomic mass is 9.90. The van der Waals surface area contributed by atoms with Crippen molar-refractivity contribution < 1.29 is 4.74 Å². The van der Waals surface area contributed by atoms with Gasteiger partial charge >= 0.3 is 0 Å². The van der Waals surface area contributed by atoms with Gasteiger partial charge in [-0.05, 0) is 55.8 Å². The smallest absolute Gasteiger partial charge is 0.231 e.